The number of methoxy groups -OCH3 is 1. The molecule has 0 saturated carbocycles. The van der Waals surface area contributed by atoms with Crippen molar-refractivity contribution in [3.63, 3.8) is 0 Å². The zero-order valence-corrected chi connectivity index (χ0v) is 10.5. The van der Waals surface area contributed by atoms with E-state index >= 15 is 0 Å². The standard InChI is InChI=1S/C12H20O4/c1-8(9(2)10(13)14)6-7-12(3,4)11(15)16-5/h6,9H,7H2,1-5H3,(H,13,14). The summed E-state index contributed by atoms with van der Waals surface area (Å²) >= 11 is 0. The number of esters is 1. The average molecular weight is 228 g/mol. The Hall–Kier alpha value is -1.32. The molecule has 0 aliphatic carbocycles. The Bertz CT molecular complexity index is 302. The van der Waals surface area contributed by atoms with Gasteiger partial charge in [0, 0.05) is 0 Å². The number of carbonyl (C=O) groups is 2. The molecule has 0 aliphatic heterocycles. The summed E-state index contributed by atoms with van der Waals surface area (Å²) in [4.78, 5) is 22.1. The second kappa shape index (κ2) is 5.68. The zero-order valence-electron chi connectivity index (χ0n) is 10.5. The lowest BCUT2D eigenvalue weighted by Gasteiger charge is -2.20. The van der Waals surface area contributed by atoms with Gasteiger partial charge >= 0.3 is 11.9 Å². The molecule has 0 aromatic heterocycles. The number of carboxylic acid groups (broad SMARTS) is 1. The van der Waals surface area contributed by atoms with Crippen molar-refractivity contribution in [1.82, 2.24) is 0 Å². The second-order valence-electron chi connectivity index (χ2n) is 4.59. The summed E-state index contributed by atoms with van der Waals surface area (Å²) in [7, 11) is 1.35. The molecular weight excluding hydrogens is 208 g/mol. The van der Waals surface area contributed by atoms with Gasteiger partial charge < -0.3 is 9.84 Å². The molecule has 0 fully saturated rings. The molecule has 0 radical (unpaired) electrons. The Labute approximate surface area is 96.3 Å². The molecule has 1 atom stereocenters. The van der Waals surface area contributed by atoms with Crippen molar-refractivity contribution in [3.05, 3.63) is 11.6 Å². The highest BCUT2D eigenvalue weighted by atomic mass is 16.5. The van der Waals surface area contributed by atoms with Crippen LogP contribution in [0.1, 0.15) is 34.1 Å². The van der Waals surface area contributed by atoms with Gasteiger partial charge in [0.1, 0.15) is 0 Å². The van der Waals surface area contributed by atoms with Crippen LogP contribution in [-0.4, -0.2) is 24.2 Å². The molecule has 92 valence electrons. The third-order valence-corrected chi connectivity index (χ3v) is 2.73. The van der Waals surface area contributed by atoms with Crippen molar-refractivity contribution in [2.75, 3.05) is 7.11 Å². The van der Waals surface area contributed by atoms with Gasteiger partial charge in [-0.2, -0.15) is 0 Å². The number of aliphatic carboxylic acids is 1. The Morgan fingerprint density at radius 2 is 1.94 bits per heavy atom. The summed E-state index contributed by atoms with van der Waals surface area (Å²) in [5.41, 5.74) is 0.137. The molecule has 1 N–H and O–H groups in total. The van der Waals surface area contributed by atoms with Gasteiger partial charge in [-0.25, -0.2) is 0 Å². The fourth-order valence-electron chi connectivity index (χ4n) is 1.15. The summed E-state index contributed by atoms with van der Waals surface area (Å²) in [6.07, 6.45) is 2.26. The van der Waals surface area contributed by atoms with E-state index in [2.05, 4.69) is 4.74 Å². The summed E-state index contributed by atoms with van der Waals surface area (Å²) < 4.78 is 4.67. The maximum absolute atomic E-state index is 11.4. The molecule has 0 aliphatic rings. The van der Waals surface area contributed by atoms with Gasteiger partial charge in [0.15, 0.2) is 0 Å². The summed E-state index contributed by atoms with van der Waals surface area (Å²) in [6, 6.07) is 0. The van der Waals surface area contributed by atoms with E-state index in [0.29, 0.717) is 6.42 Å². The van der Waals surface area contributed by atoms with Crippen LogP contribution in [0.4, 0.5) is 0 Å². The topological polar surface area (TPSA) is 63.6 Å². The number of hydrogen-bond donors (Lipinski definition) is 1. The van der Waals surface area contributed by atoms with Gasteiger partial charge in [0.05, 0.1) is 18.4 Å². The lowest BCUT2D eigenvalue weighted by Crippen LogP contribution is -2.25. The fraction of sp³-hybridized carbons (Fsp3) is 0.667. The van der Waals surface area contributed by atoms with E-state index in [1.165, 1.54) is 7.11 Å². The minimum Gasteiger partial charge on any atom is -0.481 e. The highest BCUT2D eigenvalue weighted by molar-refractivity contribution is 5.76. The monoisotopic (exact) mass is 228 g/mol. The molecule has 0 spiro atoms. The summed E-state index contributed by atoms with van der Waals surface area (Å²) in [5.74, 6) is -1.67. The molecule has 0 saturated heterocycles. The smallest absolute Gasteiger partial charge is 0.311 e. The predicted octanol–water partition coefficient (Wildman–Crippen LogP) is 2.24. The van der Waals surface area contributed by atoms with Gasteiger partial charge in [-0.05, 0) is 34.1 Å². The third-order valence-electron chi connectivity index (χ3n) is 2.73. The number of carboxylic acids is 1. The molecule has 0 aromatic rings. The van der Waals surface area contributed by atoms with Crippen LogP contribution >= 0.6 is 0 Å². The zero-order chi connectivity index (χ0) is 12.9. The Morgan fingerprint density at radius 1 is 1.44 bits per heavy atom. The number of allylic oxidation sites excluding steroid dienone is 1. The van der Waals surface area contributed by atoms with Crippen molar-refractivity contribution in [3.8, 4) is 0 Å². The van der Waals surface area contributed by atoms with Crippen LogP contribution in [0, 0.1) is 11.3 Å². The number of carbonyl (C=O) groups excluding carboxylic acids is 1. The van der Waals surface area contributed by atoms with E-state index in [1.54, 1.807) is 33.8 Å². The van der Waals surface area contributed by atoms with Crippen molar-refractivity contribution < 1.29 is 19.4 Å². The fourth-order valence-corrected chi connectivity index (χ4v) is 1.15. The highest BCUT2D eigenvalue weighted by Gasteiger charge is 2.27. The maximum atomic E-state index is 11.4. The van der Waals surface area contributed by atoms with Crippen molar-refractivity contribution in [1.29, 1.82) is 0 Å². The van der Waals surface area contributed by atoms with E-state index in [0.717, 1.165) is 5.57 Å². The number of hydrogen-bond acceptors (Lipinski definition) is 3. The van der Waals surface area contributed by atoms with Gasteiger partial charge in [0.25, 0.3) is 0 Å². The molecular formula is C12H20O4. The Balaban J connectivity index is 4.59. The normalized spacial score (nSPS) is 14.4. The van der Waals surface area contributed by atoms with Crippen LogP contribution in [0.2, 0.25) is 0 Å². The van der Waals surface area contributed by atoms with Gasteiger partial charge in [-0.15, -0.1) is 0 Å². The maximum Gasteiger partial charge on any atom is 0.311 e. The first-order chi connectivity index (χ1) is 7.22. The predicted molar refractivity (Wildman–Crippen MR) is 61.0 cm³/mol. The average Bonchev–Trinajstić information content (AvgIpc) is 2.23. The third kappa shape index (κ3) is 4.04. The van der Waals surface area contributed by atoms with E-state index in [-0.39, 0.29) is 5.97 Å². The number of rotatable bonds is 5. The van der Waals surface area contributed by atoms with E-state index in [4.69, 9.17) is 5.11 Å². The first-order valence-electron chi connectivity index (χ1n) is 5.20. The van der Waals surface area contributed by atoms with Gasteiger partial charge in [-0.1, -0.05) is 11.6 Å². The van der Waals surface area contributed by atoms with Crippen LogP contribution in [0.25, 0.3) is 0 Å². The lowest BCUT2D eigenvalue weighted by atomic mass is 9.87. The number of ether oxygens (including phenoxy) is 1. The van der Waals surface area contributed by atoms with Gasteiger partial charge in [0.2, 0.25) is 0 Å². The van der Waals surface area contributed by atoms with Crippen molar-refractivity contribution in [2.45, 2.75) is 34.1 Å². The van der Waals surface area contributed by atoms with E-state index in [1.807, 2.05) is 0 Å². The second-order valence-corrected chi connectivity index (χ2v) is 4.59. The summed E-state index contributed by atoms with van der Waals surface area (Å²) in [5, 5.41) is 8.80. The molecule has 1 unspecified atom stereocenters. The van der Waals surface area contributed by atoms with Crippen molar-refractivity contribution >= 4 is 11.9 Å². The van der Waals surface area contributed by atoms with Crippen LogP contribution in [0.5, 0.6) is 0 Å². The first-order valence-corrected chi connectivity index (χ1v) is 5.20. The minimum atomic E-state index is -0.857. The molecule has 16 heavy (non-hydrogen) atoms. The molecule has 4 heteroatoms. The Kier molecular flexibility index (Phi) is 5.21. The molecule has 0 aromatic carbocycles. The van der Waals surface area contributed by atoms with E-state index < -0.39 is 17.3 Å². The summed E-state index contributed by atoms with van der Waals surface area (Å²) in [6.45, 7) is 6.92. The molecule has 0 amide bonds. The SMILES string of the molecule is COC(=O)C(C)(C)CC=C(C)C(C)C(=O)O. The first kappa shape index (κ1) is 14.7. The van der Waals surface area contributed by atoms with E-state index in [9.17, 15) is 9.59 Å². The highest BCUT2D eigenvalue weighted by Crippen LogP contribution is 2.24. The lowest BCUT2D eigenvalue weighted by molar-refractivity contribution is -0.150. The van der Waals surface area contributed by atoms with Crippen LogP contribution in [-0.2, 0) is 14.3 Å². The van der Waals surface area contributed by atoms with Gasteiger partial charge in [-0.3, -0.25) is 9.59 Å². The van der Waals surface area contributed by atoms with Crippen LogP contribution < -0.4 is 0 Å². The minimum absolute atomic E-state index is 0.292. The van der Waals surface area contributed by atoms with Crippen LogP contribution in [0.15, 0.2) is 11.6 Å². The molecule has 0 heterocycles. The van der Waals surface area contributed by atoms with Crippen LogP contribution in [0.3, 0.4) is 0 Å². The largest absolute Gasteiger partial charge is 0.481 e. The molecule has 4 nitrogen and oxygen atoms in total. The quantitative estimate of drug-likeness (QED) is 0.579. The molecule has 0 rings (SSSR count). The molecule has 0 bridgehead atoms. The Morgan fingerprint density at radius 3 is 2.31 bits per heavy atom. The van der Waals surface area contributed by atoms with Crippen molar-refractivity contribution in [2.24, 2.45) is 11.3 Å².